The molecule has 0 N–H and O–H groups in total. The van der Waals surface area contributed by atoms with Crippen molar-refractivity contribution in [2.45, 2.75) is 46.6 Å². The molecule has 8 heteroatoms. The third kappa shape index (κ3) is 4.02. The summed E-state index contributed by atoms with van der Waals surface area (Å²) in [6, 6.07) is 12.9. The van der Waals surface area contributed by atoms with E-state index in [1.165, 1.54) is 11.2 Å². The molecule has 0 aromatic heterocycles. The van der Waals surface area contributed by atoms with Gasteiger partial charge in [0.25, 0.3) is 10.0 Å². The maximum absolute atomic E-state index is 13.7. The summed E-state index contributed by atoms with van der Waals surface area (Å²) in [4.78, 5) is 16.0. The smallest absolute Gasteiger partial charge is 0.264 e. The van der Waals surface area contributed by atoms with Crippen molar-refractivity contribution in [1.82, 2.24) is 0 Å². The van der Waals surface area contributed by atoms with Gasteiger partial charge in [-0.1, -0.05) is 19.1 Å². The van der Waals surface area contributed by atoms with Crippen molar-refractivity contribution >= 4 is 50.8 Å². The highest BCUT2D eigenvalue weighted by atomic mass is 32.2. The number of thioether (sulfide) groups is 2. The van der Waals surface area contributed by atoms with Crippen molar-refractivity contribution in [2.75, 3.05) is 28.0 Å². The molecule has 0 saturated heterocycles. The van der Waals surface area contributed by atoms with Crippen molar-refractivity contribution in [2.24, 2.45) is 0 Å². The van der Waals surface area contributed by atoms with Crippen molar-refractivity contribution in [3.8, 4) is 0 Å². The van der Waals surface area contributed by atoms with Gasteiger partial charge in [-0.15, -0.1) is 23.5 Å². The predicted octanol–water partition coefficient (Wildman–Crippen LogP) is 4.61. The van der Waals surface area contributed by atoms with E-state index in [1.54, 1.807) is 40.6 Å². The van der Waals surface area contributed by atoms with Gasteiger partial charge in [0.05, 0.1) is 16.3 Å². The summed E-state index contributed by atoms with van der Waals surface area (Å²) in [7, 11) is -3.74. The zero-order valence-electron chi connectivity index (χ0n) is 16.5. The average molecular weight is 449 g/mol. The first-order valence-electron chi connectivity index (χ1n) is 9.71. The third-order valence-electron chi connectivity index (χ3n) is 5.17. The SMILES string of the molecule is CC(=O)N1CCCSc2ccc(S(=O)(=O)N3CCC(C)Sc4ccccc43)cc21. The Morgan fingerprint density at radius 1 is 1.07 bits per heavy atom. The van der Waals surface area contributed by atoms with Gasteiger partial charge >= 0.3 is 0 Å². The molecular weight excluding hydrogens is 424 g/mol. The van der Waals surface area contributed by atoms with Gasteiger partial charge in [0, 0.05) is 35.1 Å². The molecule has 2 aliphatic heterocycles. The normalized spacial score (nSPS) is 19.7. The Labute approximate surface area is 180 Å². The van der Waals surface area contributed by atoms with Crippen LogP contribution in [0.1, 0.15) is 26.7 Å². The van der Waals surface area contributed by atoms with E-state index < -0.39 is 10.0 Å². The van der Waals surface area contributed by atoms with E-state index in [2.05, 4.69) is 6.92 Å². The van der Waals surface area contributed by atoms with Crippen molar-refractivity contribution < 1.29 is 13.2 Å². The number of nitrogens with zero attached hydrogens (tertiary/aromatic N) is 2. The van der Waals surface area contributed by atoms with Crippen LogP contribution in [0.15, 0.2) is 57.2 Å². The van der Waals surface area contributed by atoms with Gasteiger partial charge in [-0.3, -0.25) is 9.10 Å². The molecule has 5 nitrogen and oxygen atoms in total. The minimum absolute atomic E-state index is 0.0614. The largest absolute Gasteiger partial charge is 0.311 e. The summed E-state index contributed by atoms with van der Waals surface area (Å²) in [6.45, 7) is 4.71. The number of benzene rings is 2. The van der Waals surface area contributed by atoms with E-state index in [0.29, 0.717) is 24.0 Å². The summed E-state index contributed by atoms with van der Waals surface area (Å²) in [5, 5.41) is 0.341. The lowest BCUT2D eigenvalue weighted by atomic mass is 10.2. The fraction of sp³-hybridized carbons (Fsp3) is 0.381. The van der Waals surface area contributed by atoms with Gasteiger partial charge in [0.15, 0.2) is 0 Å². The highest BCUT2D eigenvalue weighted by molar-refractivity contribution is 8.00. The Bertz CT molecular complexity index is 1040. The number of fused-ring (bicyclic) bond motifs is 2. The van der Waals surface area contributed by atoms with E-state index in [-0.39, 0.29) is 10.8 Å². The van der Waals surface area contributed by atoms with Crippen LogP contribution in [0, 0.1) is 0 Å². The van der Waals surface area contributed by atoms with Crippen LogP contribution in [0.2, 0.25) is 0 Å². The molecule has 4 rings (SSSR count). The quantitative estimate of drug-likeness (QED) is 0.671. The van der Waals surface area contributed by atoms with Crippen LogP contribution in [-0.4, -0.2) is 38.4 Å². The molecule has 2 aromatic rings. The molecule has 2 aromatic carbocycles. The van der Waals surface area contributed by atoms with Crippen LogP contribution in [0.4, 0.5) is 11.4 Å². The molecule has 0 radical (unpaired) electrons. The van der Waals surface area contributed by atoms with E-state index in [4.69, 9.17) is 0 Å². The number of sulfonamides is 1. The maximum Gasteiger partial charge on any atom is 0.264 e. The van der Waals surface area contributed by atoms with Crippen LogP contribution >= 0.6 is 23.5 Å². The second kappa shape index (κ2) is 8.24. The molecule has 0 aliphatic carbocycles. The van der Waals surface area contributed by atoms with Gasteiger partial charge in [0.2, 0.25) is 5.91 Å². The summed E-state index contributed by atoms with van der Waals surface area (Å²) in [5.74, 6) is 0.853. The number of hydrogen-bond donors (Lipinski definition) is 0. The minimum Gasteiger partial charge on any atom is -0.311 e. The van der Waals surface area contributed by atoms with E-state index in [9.17, 15) is 13.2 Å². The summed E-state index contributed by atoms with van der Waals surface area (Å²) in [5.41, 5.74) is 1.43. The molecule has 29 heavy (non-hydrogen) atoms. The molecule has 154 valence electrons. The standard InChI is InChI=1S/C21H24N2O3S3/c1-15-10-12-23(18-6-3-4-7-21(18)28-15)29(25,26)17-8-9-20-19(14-17)22(16(2)24)11-5-13-27-20/h3-4,6-9,14-15H,5,10-13H2,1-2H3. The zero-order chi connectivity index (χ0) is 20.6. The van der Waals surface area contributed by atoms with Crippen molar-refractivity contribution in [3.05, 3.63) is 42.5 Å². The van der Waals surface area contributed by atoms with Crippen LogP contribution in [0.5, 0.6) is 0 Å². The molecule has 0 fully saturated rings. The lowest BCUT2D eigenvalue weighted by Crippen LogP contribution is -2.33. The Morgan fingerprint density at radius 3 is 2.66 bits per heavy atom. The Morgan fingerprint density at radius 2 is 1.86 bits per heavy atom. The van der Waals surface area contributed by atoms with Crippen LogP contribution in [0.25, 0.3) is 0 Å². The number of rotatable bonds is 2. The fourth-order valence-corrected chi connectivity index (χ4v) is 7.34. The first-order chi connectivity index (χ1) is 13.9. The predicted molar refractivity (Wildman–Crippen MR) is 121 cm³/mol. The second-order valence-electron chi connectivity index (χ2n) is 7.26. The third-order valence-corrected chi connectivity index (χ3v) is 9.37. The number of para-hydroxylation sites is 1. The summed E-state index contributed by atoms with van der Waals surface area (Å²) >= 11 is 3.39. The lowest BCUT2D eigenvalue weighted by molar-refractivity contribution is -0.116. The molecular formula is C21H24N2O3S3. The summed E-state index contributed by atoms with van der Waals surface area (Å²) in [6.07, 6.45) is 1.66. The maximum atomic E-state index is 13.7. The molecule has 2 aliphatic rings. The number of hydrogen-bond acceptors (Lipinski definition) is 5. The van der Waals surface area contributed by atoms with Crippen LogP contribution in [-0.2, 0) is 14.8 Å². The average Bonchev–Trinajstić information content (AvgIpc) is 3.00. The Hall–Kier alpha value is -1.64. The molecule has 2 heterocycles. The highest BCUT2D eigenvalue weighted by Gasteiger charge is 2.31. The number of anilines is 2. The van der Waals surface area contributed by atoms with Gasteiger partial charge in [0.1, 0.15) is 0 Å². The summed E-state index contributed by atoms with van der Waals surface area (Å²) < 4.78 is 28.9. The van der Waals surface area contributed by atoms with Gasteiger partial charge in [-0.25, -0.2) is 8.42 Å². The van der Waals surface area contributed by atoms with E-state index in [0.717, 1.165) is 34.1 Å². The minimum atomic E-state index is -3.74. The van der Waals surface area contributed by atoms with E-state index in [1.807, 2.05) is 30.3 Å². The fourth-order valence-electron chi connectivity index (χ4n) is 3.68. The number of carbonyl (C=O) groups excluding carboxylic acids is 1. The Balaban J connectivity index is 1.80. The Kier molecular flexibility index (Phi) is 5.86. The molecule has 1 atom stereocenters. The highest BCUT2D eigenvalue weighted by Crippen LogP contribution is 2.41. The van der Waals surface area contributed by atoms with Gasteiger partial charge in [-0.2, -0.15) is 0 Å². The first kappa shape index (κ1) is 20.6. The molecule has 0 spiro atoms. The van der Waals surface area contributed by atoms with Gasteiger partial charge < -0.3 is 4.90 Å². The van der Waals surface area contributed by atoms with Gasteiger partial charge in [-0.05, 0) is 48.9 Å². The lowest BCUT2D eigenvalue weighted by Gasteiger charge is -2.26. The topological polar surface area (TPSA) is 57.7 Å². The van der Waals surface area contributed by atoms with Crippen molar-refractivity contribution in [1.29, 1.82) is 0 Å². The van der Waals surface area contributed by atoms with Crippen LogP contribution in [0.3, 0.4) is 0 Å². The van der Waals surface area contributed by atoms with Crippen LogP contribution < -0.4 is 9.21 Å². The molecule has 0 saturated carbocycles. The zero-order valence-corrected chi connectivity index (χ0v) is 18.9. The monoisotopic (exact) mass is 448 g/mol. The van der Waals surface area contributed by atoms with E-state index >= 15 is 0 Å². The van der Waals surface area contributed by atoms with Crippen molar-refractivity contribution in [3.63, 3.8) is 0 Å². The molecule has 1 unspecified atom stereocenters. The first-order valence-corrected chi connectivity index (χ1v) is 13.0. The number of amides is 1. The second-order valence-corrected chi connectivity index (χ2v) is 11.7. The number of carbonyl (C=O) groups is 1. The molecule has 0 bridgehead atoms. The molecule has 1 amide bonds.